The number of aromatic nitrogens is 4. The first-order chi connectivity index (χ1) is 15.6. The number of carbonyl (C=O) groups is 1. The van der Waals surface area contributed by atoms with Gasteiger partial charge in [-0.1, -0.05) is 23.4 Å². The maximum absolute atomic E-state index is 13.0. The van der Waals surface area contributed by atoms with Crippen molar-refractivity contribution in [2.45, 2.75) is 51.0 Å². The monoisotopic (exact) mass is 424 g/mol. The highest BCUT2D eigenvalue weighted by Crippen LogP contribution is 2.44. The molecular formula is C25H24N6O. The number of allylic oxidation sites excluding steroid dienone is 2. The fourth-order valence-electron chi connectivity index (χ4n) is 4.35. The summed E-state index contributed by atoms with van der Waals surface area (Å²) in [6, 6.07) is 13.7. The highest BCUT2D eigenvalue weighted by molar-refractivity contribution is 6.03. The molecule has 0 aliphatic heterocycles. The minimum Gasteiger partial charge on any atom is -0.320 e. The molecule has 0 bridgehead atoms. The van der Waals surface area contributed by atoms with E-state index < -0.39 is 0 Å². The molecule has 0 spiro atoms. The van der Waals surface area contributed by atoms with E-state index in [0.29, 0.717) is 22.9 Å². The van der Waals surface area contributed by atoms with Gasteiger partial charge in [0.1, 0.15) is 0 Å². The van der Waals surface area contributed by atoms with Crippen LogP contribution in [0.2, 0.25) is 0 Å². The van der Waals surface area contributed by atoms with Crippen molar-refractivity contribution in [3.05, 3.63) is 76.9 Å². The lowest BCUT2D eigenvalue weighted by molar-refractivity contribution is 0.102. The molecule has 2 heterocycles. The van der Waals surface area contributed by atoms with Crippen molar-refractivity contribution in [2.24, 2.45) is 0 Å². The summed E-state index contributed by atoms with van der Waals surface area (Å²) in [5, 5.41) is 20.7. The molecule has 0 saturated heterocycles. The van der Waals surface area contributed by atoms with Crippen LogP contribution in [-0.2, 0) is 0 Å². The van der Waals surface area contributed by atoms with Gasteiger partial charge < -0.3 is 5.32 Å². The van der Waals surface area contributed by atoms with Crippen LogP contribution in [0.5, 0.6) is 0 Å². The van der Waals surface area contributed by atoms with Crippen molar-refractivity contribution >= 4 is 17.2 Å². The van der Waals surface area contributed by atoms with Crippen LogP contribution in [0, 0.1) is 18.3 Å². The Morgan fingerprint density at radius 3 is 2.66 bits per heavy atom. The predicted molar refractivity (Wildman–Crippen MR) is 121 cm³/mol. The Hall–Kier alpha value is -3.79. The minimum atomic E-state index is -0.214. The van der Waals surface area contributed by atoms with E-state index in [1.165, 1.54) is 5.57 Å². The highest BCUT2D eigenvalue weighted by Gasteiger charge is 2.36. The Morgan fingerprint density at radius 1 is 1.19 bits per heavy atom. The van der Waals surface area contributed by atoms with Gasteiger partial charge in [-0.25, -0.2) is 4.68 Å². The van der Waals surface area contributed by atoms with Crippen molar-refractivity contribution in [2.75, 3.05) is 5.32 Å². The van der Waals surface area contributed by atoms with Gasteiger partial charge in [0.25, 0.3) is 5.91 Å². The average molecular weight is 425 g/mol. The standard InChI is InChI=1S/C25H24N6O/c1-16-14-21(12-13-27-16)28-25(32)23-24(20-6-7-20)31(30-29-23)22-10-8-19(9-11-22)18-4-2-17(15-26)3-5-18/h2-5,8,12-14,20,22H,6-7,9-11H2,1H3,(H,27,28,32). The fraction of sp³-hybridized carbons (Fsp3) is 0.320. The maximum Gasteiger partial charge on any atom is 0.278 e. The number of aryl methyl sites for hydroxylation is 1. The Bertz CT molecular complexity index is 1230. The van der Waals surface area contributed by atoms with E-state index in [-0.39, 0.29) is 11.9 Å². The maximum atomic E-state index is 13.0. The van der Waals surface area contributed by atoms with Gasteiger partial charge in [-0.05, 0) is 74.4 Å². The second-order valence-electron chi connectivity index (χ2n) is 8.53. The van der Waals surface area contributed by atoms with E-state index in [0.717, 1.165) is 49.1 Å². The number of nitrogens with one attached hydrogen (secondary N) is 1. The molecule has 7 heteroatoms. The molecule has 1 atom stereocenters. The third-order valence-corrected chi connectivity index (χ3v) is 6.18. The summed E-state index contributed by atoms with van der Waals surface area (Å²) >= 11 is 0. The molecule has 1 fully saturated rings. The number of carbonyl (C=O) groups excluding carboxylic acids is 1. The van der Waals surface area contributed by atoms with Crippen molar-refractivity contribution in [1.29, 1.82) is 5.26 Å². The van der Waals surface area contributed by atoms with Gasteiger partial charge in [0.2, 0.25) is 0 Å². The zero-order valence-corrected chi connectivity index (χ0v) is 18.0. The number of hydrogen-bond acceptors (Lipinski definition) is 5. The van der Waals surface area contributed by atoms with Crippen LogP contribution in [-0.4, -0.2) is 25.9 Å². The molecule has 1 aromatic carbocycles. The van der Waals surface area contributed by atoms with Crippen LogP contribution in [0.15, 0.2) is 48.7 Å². The van der Waals surface area contributed by atoms with Crippen molar-refractivity contribution in [1.82, 2.24) is 20.0 Å². The van der Waals surface area contributed by atoms with Crippen LogP contribution >= 0.6 is 0 Å². The van der Waals surface area contributed by atoms with E-state index in [2.05, 4.69) is 32.8 Å². The van der Waals surface area contributed by atoms with Gasteiger partial charge in [0.05, 0.1) is 23.4 Å². The second-order valence-corrected chi connectivity index (χ2v) is 8.53. The van der Waals surface area contributed by atoms with Crippen LogP contribution < -0.4 is 5.32 Å². The Morgan fingerprint density at radius 2 is 2.00 bits per heavy atom. The van der Waals surface area contributed by atoms with Gasteiger partial charge in [-0.3, -0.25) is 9.78 Å². The molecular weight excluding hydrogens is 400 g/mol. The van der Waals surface area contributed by atoms with E-state index in [9.17, 15) is 4.79 Å². The first-order valence-electron chi connectivity index (χ1n) is 11.0. The third-order valence-electron chi connectivity index (χ3n) is 6.18. The van der Waals surface area contributed by atoms with Gasteiger partial charge >= 0.3 is 0 Å². The van der Waals surface area contributed by atoms with Crippen LogP contribution in [0.4, 0.5) is 5.69 Å². The number of pyridine rings is 1. The summed E-state index contributed by atoms with van der Waals surface area (Å²) in [4.78, 5) is 17.2. The number of amides is 1. The molecule has 7 nitrogen and oxygen atoms in total. The topological polar surface area (TPSA) is 96.5 Å². The summed E-state index contributed by atoms with van der Waals surface area (Å²) in [5.41, 5.74) is 6.10. The van der Waals surface area contributed by atoms with E-state index in [4.69, 9.17) is 5.26 Å². The van der Waals surface area contributed by atoms with Gasteiger partial charge in [0.15, 0.2) is 5.69 Å². The van der Waals surface area contributed by atoms with Crippen molar-refractivity contribution < 1.29 is 4.79 Å². The fourth-order valence-corrected chi connectivity index (χ4v) is 4.35. The number of anilines is 1. The number of benzene rings is 1. The summed E-state index contributed by atoms with van der Waals surface area (Å²) in [6.07, 6.45) is 8.81. The predicted octanol–water partition coefficient (Wildman–Crippen LogP) is 4.79. The van der Waals surface area contributed by atoms with Crippen LogP contribution in [0.1, 0.15) is 77.1 Å². The molecule has 1 amide bonds. The van der Waals surface area contributed by atoms with E-state index >= 15 is 0 Å². The van der Waals surface area contributed by atoms with E-state index in [1.54, 1.807) is 12.3 Å². The van der Waals surface area contributed by atoms with Gasteiger partial charge in [0, 0.05) is 23.5 Å². The highest BCUT2D eigenvalue weighted by atomic mass is 16.2. The molecule has 3 aromatic rings. The quantitative estimate of drug-likeness (QED) is 0.635. The SMILES string of the molecule is Cc1cc(NC(=O)c2nnn(C3CC=C(c4ccc(C#N)cc4)CC3)c2C2CC2)ccn1. The first kappa shape index (κ1) is 20.1. The third kappa shape index (κ3) is 4.04. The molecule has 1 saturated carbocycles. The lowest BCUT2D eigenvalue weighted by atomic mass is 9.90. The normalized spacial score (nSPS) is 18.0. The van der Waals surface area contributed by atoms with Crippen molar-refractivity contribution in [3.63, 3.8) is 0 Å². The molecule has 1 unspecified atom stereocenters. The Labute approximate surface area is 186 Å². The minimum absolute atomic E-state index is 0.199. The van der Waals surface area contributed by atoms with E-state index in [1.807, 2.05) is 41.9 Å². The van der Waals surface area contributed by atoms with Crippen LogP contribution in [0.3, 0.4) is 0 Å². The molecule has 160 valence electrons. The first-order valence-corrected chi connectivity index (χ1v) is 11.0. The zero-order chi connectivity index (χ0) is 22.1. The number of rotatable bonds is 5. The second kappa shape index (κ2) is 8.39. The smallest absolute Gasteiger partial charge is 0.278 e. The van der Waals surface area contributed by atoms with Gasteiger partial charge in [-0.2, -0.15) is 5.26 Å². The lowest BCUT2D eigenvalue weighted by Crippen LogP contribution is -2.18. The summed E-state index contributed by atoms with van der Waals surface area (Å²) in [6.45, 7) is 1.89. The number of nitriles is 1. The molecule has 5 rings (SSSR count). The Kier molecular flexibility index (Phi) is 5.28. The number of hydrogen-bond donors (Lipinski definition) is 1. The molecule has 2 aliphatic carbocycles. The number of nitrogens with zero attached hydrogens (tertiary/aromatic N) is 5. The lowest BCUT2D eigenvalue weighted by Gasteiger charge is -2.24. The molecule has 2 aromatic heterocycles. The molecule has 32 heavy (non-hydrogen) atoms. The molecule has 0 radical (unpaired) electrons. The Balaban J connectivity index is 1.35. The zero-order valence-electron chi connectivity index (χ0n) is 18.0. The summed E-state index contributed by atoms with van der Waals surface area (Å²) in [7, 11) is 0. The van der Waals surface area contributed by atoms with Gasteiger partial charge in [-0.15, -0.1) is 5.10 Å². The summed E-state index contributed by atoms with van der Waals surface area (Å²) < 4.78 is 2.00. The van der Waals surface area contributed by atoms with Crippen molar-refractivity contribution in [3.8, 4) is 6.07 Å². The molecule has 2 aliphatic rings. The summed E-state index contributed by atoms with van der Waals surface area (Å²) in [5.74, 6) is 0.141. The largest absolute Gasteiger partial charge is 0.320 e. The average Bonchev–Trinajstić information content (AvgIpc) is 3.56. The van der Waals surface area contributed by atoms with Crippen LogP contribution in [0.25, 0.3) is 5.57 Å². The molecule has 1 N–H and O–H groups in total.